The molecule has 20 heavy (non-hydrogen) atoms. The lowest BCUT2D eigenvalue weighted by molar-refractivity contribution is -0.132. The highest BCUT2D eigenvalue weighted by Gasteiger charge is 2.28. The Kier molecular flexibility index (Phi) is 4.39. The molecule has 0 spiro atoms. The van der Waals surface area contributed by atoms with E-state index in [1.807, 2.05) is 19.1 Å². The lowest BCUT2D eigenvalue weighted by Crippen LogP contribution is -2.46. The average Bonchev–Trinajstić information content (AvgIpc) is 2.84. The van der Waals surface area contributed by atoms with Gasteiger partial charge in [-0.3, -0.25) is 9.59 Å². The van der Waals surface area contributed by atoms with E-state index in [1.165, 1.54) is 0 Å². The van der Waals surface area contributed by atoms with Crippen molar-refractivity contribution in [3.05, 3.63) is 35.4 Å². The minimum atomic E-state index is -0.590. The molecular formula is C15H20N2O3. The maximum atomic E-state index is 12.1. The summed E-state index contributed by atoms with van der Waals surface area (Å²) in [5.74, 6) is -0.406. The summed E-state index contributed by atoms with van der Waals surface area (Å²) in [5, 5.41) is 12.1. The summed E-state index contributed by atoms with van der Waals surface area (Å²) in [7, 11) is 0. The first-order chi connectivity index (χ1) is 9.47. The number of hydrogen-bond acceptors (Lipinski definition) is 3. The maximum Gasteiger partial charge on any atom is 0.251 e. The molecule has 2 atom stereocenters. The monoisotopic (exact) mass is 276 g/mol. The number of rotatable bonds is 3. The van der Waals surface area contributed by atoms with Gasteiger partial charge >= 0.3 is 0 Å². The van der Waals surface area contributed by atoms with Crippen LogP contribution in [0.2, 0.25) is 0 Å². The number of nitrogens with one attached hydrogen (secondary N) is 1. The molecule has 2 amide bonds. The fraction of sp³-hybridized carbons (Fsp3) is 0.467. The predicted octanol–water partition coefficient (Wildman–Crippen LogP) is 0.707. The van der Waals surface area contributed by atoms with E-state index in [1.54, 1.807) is 24.0 Å². The smallest absolute Gasteiger partial charge is 0.251 e. The van der Waals surface area contributed by atoms with Gasteiger partial charge in [-0.2, -0.15) is 0 Å². The normalized spacial score (nSPS) is 19.8. The minimum absolute atomic E-state index is 0.150. The van der Waals surface area contributed by atoms with Gasteiger partial charge in [0.2, 0.25) is 5.91 Å². The number of hydrogen-bond donors (Lipinski definition) is 2. The summed E-state index contributed by atoms with van der Waals surface area (Å²) in [6.45, 7) is 4.48. The number of amides is 2. The van der Waals surface area contributed by atoms with Crippen LogP contribution in [0.15, 0.2) is 24.3 Å². The zero-order valence-corrected chi connectivity index (χ0v) is 11.8. The van der Waals surface area contributed by atoms with E-state index in [4.69, 9.17) is 0 Å². The average molecular weight is 276 g/mol. The van der Waals surface area contributed by atoms with E-state index in [2.05, 4.69) is 5.32 Å². The Morgan fingerprint density at radius 2 is 2.20 bits per heavy atom. The zero-order chi connectivity index (χ0) is 14.7. The Morgan fingerprint density at radius 1 is 1.45 bits per heavy atom. The summed E-state index contributed by atoms with van der Waals surface area (Å²) in [4.78, 5) is 25.8. The SMILES string of the molecule is Cc1cccc(C(=O)NC(C)C(=O)N2CC[C@@H](O)C2)c1. The molecule has 1 saturated heterocycles. The molecule has 5 nitrogen and oxygen atoms in total. The number of carbonyl (C=O) groups excluding carboxylic acids is 2. The molecule has 0 saturated carbocycles. The van der Waals surface area contributed by atoms with Crippen molar-refractivity contribution in [3.8, 4) is 0 Å². The van der Waals surface area contributed by atoms with E-state index < -0.39 is 12.1 Å². The van der Waals surface area contributed by atoms with E-state index in [0.29, 0.717) is 25.1 Å². The van der Waals surface area contributed by atoms with Gasteiger partial charge in [0, 0.05) is 18.7 Å². The molecule has 0 aromatic heterocycles. The largest absolute Gasteiger partial charge is 0.391 e. The van der Waals surface area contributed by atoms with Crippen molar-refractivity contribution in [2.75, 3.05) is 13.1 Å². The second-order valence-corrected chi connectivity index (χ2v) is 5.29. The number of aryl methyl sites for hydroxylation is 1. The van der Waals surface area contributed by atoms with Gasteiger partial charge in [-0.25, -0.2) is 0 Å². The van der Waals surface area contributed by atoms with Crippen molar-refractivity contribution in [1.82, 2.24) is 10.2 Å². The summed E-state index contributed by atoms with van der Waals surface area (Å²) in [6, 6.07) is 6.64. The lowest BCUT2D eigenvalue weighted by atomic mass is 10.1. The summed E-state index contributed by atoms with van der Waals surface area (Å²) in [6.07, 6.45) is 0.156. The fourth-order valence-electron chi connectivity index (χ4n) is 2.34. The highest BCUT2D eigenvalue weighted by molar-refractivity contribution is 5.97. The molecular weight excluding hydrogens is 256 g/mol. The molecule has 1 fully saturated rings. The molecule has 2 rings (SSSR count). The molecule has 2 N–H and O–H groups in total. The van der Waals surface area contributed by atoms with Gasteiger partial charge in [-0.15, -0.1) is 0 Å². The van der Waals surface area contributed by atoms with Crippen molar-refractivity contribution in [2.45, 2.75) is 32.4 Å². The van der Waals surface area contributed by atoms with E-state index in [9.17, 15) is 14.7 Å². The summed E-state index contributed by atoms with van der Waals surface area (Å²) < 4.78 is 0. The molecule has 0 bridgehead atoms. The third kappa shape index (κ3) is 3.36. The van der Waals surface area contributed by atoms with Gasteiger partial charge in [0.05, 0.1) is 6.10 Å². The van der Waals surface area contributed by atoms with Crippen LogP contribution in [-0.2, 0) is 4.79 Å². The Morgan fingerprint density at radius 3 is 2.80 bits per heavy atom. The maximum absolute atomic E-state index is 12.1. The fourth-order valence-corrected chi connectivity index (χ4v) is 2.34. The number of benzene rings is 1. The van der Waals surface area contributed by atoms with Crippen molar-refractivity contribution < 1.29 is 14.7 Å². The van der Waals surface area contributed by atoms with Crippen LogP contribution in [-0.4, -0.2) is 47.1 Å². The highest BCUT2D eigenvalue weighted by Crippen LogP contribution is 2.11. The van der Waals surface area contributed by atoms with E-state index in [-0.39, 0.29) is 11.8 Å². The Balaban J connectivity index is 1.95. The minimum Gasteiger partial charge on any atom is -0.391 e. The highest BCUT2D eigenvalue weighted by atomic mass is 16.3. The van der Waals surface area contributed by atoms with Crippen LogP contribution in [0.4, 0.5) is 0 Å². The van der Waals surface area contributed by atoms with Crippen molar-refractivity contribution in [1.29, 1.82) is 0 Å². The van der Waals surface area contributed by atoms with Gasteiger partial charge in [0.25, 0.3) is 5.91 Å². The molecule has 1 aliphatic rings. The van der Waals surface area contributed by atoms with E-state index in [0.717, 1.165) is 5.56 Å². The first-order valence-electron chi connectivity index (χ1n) is 6.82. The third-order valence-electron chi connectivity index (χ3n) is 3.47. The Labute approximate surface area is 118 Å². The second-order valence-electron chi connectivity index (χ2n) is 5.29. The standard InChI is InChI=1S/C15H20N2O3/c1-10-4-3-5-12(8-10)14(19)16-11(2)15(20)17-7-6-13(18)9-17/h3-5,8,11,13,18H,6-7,9H2,1-2H3,(H,16,19)/t11?,13-/m1/s1. The van der Waals surface area contributed by atoms with Crippen LogP contribution >= 0.6 is 0 Å². The zero-order valence-electron chi connectivity index (χ0n) is 11.8. The topological polar surface area (TPSA) is 69.6 Å². The number of carbonyl (C=O) groups is 2. The van der Waals surface area contributed by atoms with E-state index >= 15 is 0 Å². The van der Waals surface area contributed by atoms with Crippen molar-refractivity contribution in [2.24, 2.45) is 0 Å². The van der Waals surface area contributed by atoms with Crippen LogP contribution < -0.4 is 5.32 Å². The van der Waals surface area contributed by atoms with Gasteiger partial charge in [0.1, 0.15) is 6.04 Å². The molecule has 1 heterocycles. The first-order valence-corrected chi connectivity index (χ1v) is 6.82. The van der Waals surface area contributed by atoms with Crippen LogP contribution in [0.25, 0.3) is 0 Å². The third-order valence-corrected chi connectivity index (χ3v) is 3.47. The van der Waals surface area contributed by atoms with Crippen LogP contribution in [0, 0.1) is 6.92 Å². The number of aliphatic hydroxyl groups excluding tert-OH is 1. The summed E-state index contributed by atoms with van der Waals surface area (Å²) in [5.41, 5.74) is 1.55. The van der Waals surface area contributed by atoms with Gasteiger partial charge in [0.15, 0.2) is 0 Å². The first kappa shape index (κ1) is 14.5. The molecule has 1 aromatic carbocycles. The number of aliphatic hydroxyl groups is 1. The van der Waals surface area contributed by atoms with Crippen LogP contribution in [0.5, 0.6) is 0 Å². The molecule has 108 valence electrons. The van der Waals surface area contributed by atoms with Gasteiger partial charge in [-0.05, 0) is 32.4 Å². The van der Waals surface area contributed by atoms with Gasteiger partial charge < -0.3 is 15.3 Å². The van der Waals surface area contributed by atoms with Crippen LogP contribution in [0.3, 0.4) is 0 Å². The molecule has 1 aromatic rings. The molecule has 0 radical (unpaired) electrons. The molecule has 1 unspecified atom stereocenters. The van der Waals surface area contributed by atoms with Crippen LogP contribution in [0.1, 0.15) is 29.3 Å². The Bertz CT molecular complexity index is 516. The van der Waals surface area contributed by atoms with Crippen molar-refractivity contribution >= 4 is 11.8 Å². The van der Waals surface area contributed by atoms with Crippen molar-refractivity contribution in [3.63, 3.8) is 0 Å². The summed E-state index contributed by atoms with van der Waals surface area (Å²) >= 11 is 0. The quantitative estimate of drug-likeness (QED) is 0.854. The van der Waals surface area contributed by atoms with Gasteiger partial charge in [-0.1, -0.05) is 17.7 Å². The molecule has 5 heteroatoms. The number of nitrogens with zero attached hydrogens (tertiary/aromatic N) is 1. The second kappa shape index (κ2) is 6.05. The molecule has 0 aliphatic carbocycles. The predicted molar refractivity (Wildman–Crippen MR) is 75.3 cm³/mol. The lowest BCUT2D eigenvalue weighted by Gasteiger charge is -2.21. The Hall–Kier alpha value is -1.88. The molecule has 1 aliphatic heterocycles. The number of likely N-dealkylation sites (tertiary alicyclic amines) is 1. The number of β-amino-alcohol motifs (C(OH)–C–C–N with tert-alkyl or cyclic N) is 1.